The third-order valence-electron chi connectivity index (χ3n) is 3.03. The highest BCUT2D eigenvalue weighted by Crippen LogP contribution is 2.35. The number of benzene rings is 1. The van der Waals surface area contributed by atoms with Crippen LogP contribution in [-0.2, 0) is 35.8 Å². The van der Waals surface area contributed by atoms with Crippen LogP contribution in [0.3, 0.4) is 0 Å². The van der Waals surface area contributed by atoms with E-state index in [9.17, 15) is 9.59 Å². The normalized spacial score (nSPS) is 16.6. The van der Waals surface area contributed by atoms with Crippen molar-refractivity contribution < 1.29 is 23.8 Å². The minimum Gasteiger partial charge on any atom is -0.466 e. The van der Waals surface area contributed by atoms with Crippen LogP contribution in [0, 0.1) is 0 Å². The van der Waals surface area contributed by atoms with Gasteiger partial charge in [-0.05, 0) is 12.0 Å². The Morgan fingerprint density at radius 1 is 1.17 bits per heavy atom. The van der Waals surface area contributed by atoms with Gasteiger partial charge in [0.05, 0.1) is 20.8 Å². The average Bonchev–Trinajstić information content (AvgIpc) is 2.44. The van der Waals surface area contributed by atoms with Crippen LogP contribution in [0.2, 0.25) is 0 Å². The van der Waals surface area contributed by atoms with E-state index < -0.39 is 17.5 Å². The van der Waals surface area contributed by atoms with Crippen LogP contribution < -0.4 is 0 Å². The Morgan fingerprint density at radius 3 is 2.39 bits per heavy atom. The maximum Gasteiger partial charge on any atom is 0.354 e. The molecular weight excluding hydrogens is 236 g/mol. The predicted molar refractivity (Wildman–Crippen MR) is 61.8 cm³/mol. The molecule has 0 radical (unpaired) electrons. The Kier molecular flexibility index (Phi) is 3.34. The van der Waals surface area contributed by atoms with Gasteiger partial charge < -0.3 is 14.2 Å². The van der Waals surface area contributed by atoms with E-state index in [1.54, 1.807) is 12.1 Å². The minimum atomic E-state index is -1.79. The van der Waals surface area contributed by atoms with E-state index in [-0.39, 0.29) is 6.61 Å². The zero-order chi connectivity index (χ0) is 13.2. The Morgan fingerprint density at radius 2 is 1.78 bits per heavy atom. The van der Waals surface area contributed by atoms with E-state index in [1.807, 2.05) is 12.1 Å². The van der Waals surface area contributed by atoms with Crippen molar-refractivity contribution >= 4 is 11.9 Å². The molecule has 5 nitrogen and oxygen atoms in total. The maximum atomic E-state index is 12.0. The van der Waals surface area contributed by atoms with Gasteiger partial charge in [0.25, 0.3) is 5.60 Å². The van der Waals surface area contributed by atoms with Gasteiger partial charge >= 0.3 is 11.9 Å². The Bertz CT molecular complexity index is 464. The molecule has 1 aliphatic rings. The number of methoxy groups -OCH3 is 2. The summed E-state index contributed by atoms with van der Waals surface area (Å²) in [6.07, 6.45) is 0.645. The number of esters is 2. The molecule has 0 spiro atoms. The number of carbonyl (C=O) groups excluding carboxylic acids is 2. The van der Waals surface area contributed by atoms with E-state index in [0.717, 1.165) is 5.56 Å². The average molecular weight is 250 g/mol. The summed E-state index contributed by atoms with van der Waals surface area (Å²) in [5, 5.41) is 0. The third kappa shape index (κ3) is 1.67. The van der Waals surface area contributed by atoms with Crippen LogP contribution in [0.25, 0.3) is 0 Å². The monoisotopic (exact) mass is 250 g/mol. The molecule has 0 aromatic heterocycles. The SMILES string of the molecule is COC(=O)C1(C(=O)OC)OCCc2ccccc21. The molecule has 1 heterocycles. The lowest BCUT2D eigenvalue weighted by Crippen LogP contribution is -2.50. The quantitative estimate of drug-likeness (QED) is 0.574. The van der Waals surface area contributed by atoms with Gasteiger partial charge in [-0.25, -0.2) is 9.59 Å². The lowest BCUT2D eigenvalue weighted by atomic mass is 9.86. The molecule has 0 saturated carbocycles. The minimum absolute atomic E-state index is 0.265. The summed E-state index contributed by atoms with van der Waals surface area (Å²) in [7, 11) is 2.43. The number of hydrogen-bond acceptors (Lipinski definition) is 5. The van der Waals surface area contributed by atoms with Crippen molar-refractivity contribution in [3.63, 3.8) is 0 Å². The molecule has 5 heteroatoms. The van der Waals surface area contributed by atoms with Crippen molar-refractivity contribution in [3.05, 3.63) is 35.4 Å². The van der Waals surface area contributed by atoms with Gasteiger partial charge in [0.2, 0.25) is 0 Å². The van der Waals surface area contributed by atoms with Crippen LogP contribution >= 0.6 is 0 Å². The van der Waals surface area contributed by atoms with Gasteiger partial charge in [-0.1, -0.05) is 24.3 Å². The second-order valence-electron chi connectivity index (χ2n) is 3.92. The highest BCUT2D eigenvalue weighted by Gasteiger charge is 2.54. The second kappa shape index (κ2) is 4.78. The molecule has 1 aromatic rings. The molecule has 96 valence electrons. The van der Waals surface area contributed by atoms with Crippen molar-refractivity contribution in [1.29, 1.82) is 0 Å². The van der Waals surface area contributed by atoms with Gasteiger partial charge in [0.15, 0.2) is 0 Å². The molecular formula is C13H14O5. The molecule has 0 saturated heterocycles. The summed E-state index contributed by atoms with van der Waals surface area (Å²) in [5.74, 6) is -1.52. The summed E-state index contributed by atoms with van der Waals surface area (Å²) in [4.78, 5) is 24.0. The fourth-order valence-electron chi connectivity index (χ4n) is 2.18. The Balaban J connectivity index is 2.62. The molecule has 0 atom stereocenters. The summed E-state index contributed by atoms with van der Waals surface area (Å²) >= 11 is 0. The fourth-order valence-corrected chi connectivity index (χ4v) is 2.18. The van der Waals surface area contributed by atoms with E-state index in [0.29, 0.717) is 12.0 Å². The molecule has 18 heavy (non-hydrogen) atoms. The zero-order valence-electron chi connectivity index (χ0n) is 10.3. The van der Waals surface area contributed by atoms with Crippen LogP contribution in [0.5, 0.6) is 0 Å². The van der Waals surface area contributed by atoms with Crippen molar-refractivity contribution in [2.45, 2.75) is 12.0 Å². The Hall–Kier alpha value is -1.88. The number of rotatable bonds is 2. The lowest BCUT2D eigenvalue weighted by Gasteiger charge is -2.33. The van der Waals surface area contributed by atoms with Crippen LogP contribution in [0.1, 0.15) is 11.1 Å². The Labute approximate surface area is 105 Å². The summed E-state index contributed by atoms with van der Waals surface area (Å²) in [5.41, 5.74) is -0.410. The molecule has 2 rings (SSSR count). The maximum absolute atomic E-state index is 12.0. The van der Waals surface area contributed by atoms with Crippen molar-refractivity contribution in [1.82, 2.24) is 0 Å². The first-order valence-corrected chi connectivity index (χ1v) is 5.56. The zero-order valence-corrected chi connectivity index (χ0v) is 10.3. The summed E-state index contributed by atoms with van der Waals surface area (Å²) < 4.78 is 14.9. The largest absolute Gasteiger partial charge is 0.466 e. The highest BCUT2D eigenvalue weighted by atomic mass is 16.6. The molecule has 1 aromatic carbocycles. The van der Waals surface area contributed by atoms with Gasteiger partial charge in [0, 0.05) is 5.56 Å². The lowest BCUT2D eigenvalue weighted by molar-refractivity contribution is -0.191. The van der Waals surface area contributed by atoms with E-state index in [2.05, 4.69) is 0 Å². The van der Waals surface area contributed by atoms with E-state index in [1.165, 1.54) is 14.2 Å². The molecule has 0 unspecified atom stereocenters. The number of carbonyl (C=O) groups is 2. The fraction of sp³-hybridized carbons (Fsp3) is 0.385. The van der Waals surface area contributed by atoms with E-state index >= 15 is 0 Å². The number of hydrogen-bond donors (Lipinski definition) is 0. The van der Waals surface area contributed by atoms with Gasteiger partial charge in [-0.2, -0.15) is 0 Å². The molecule has 0 fully saturated rings. The van der Waals surface area contributed by atoms with Crippen molar-refractivity contribution in [2.75, 3.05) is 20.8 Å². The van der Waals surface area contributed by atoms with Crippen molar-refractivity contribution in [3.8, 4) is 0 Å². The number of fused-ring (bicyclic) bond motifs is 1. The standard InChI is InChI=1S/C13H14O5/c1-16-11(14)13(12(15)17-2)10-6-4-3-5-9(10)7-8-18-13/h3-6H,7-8H2,1-2H3. The van der Waals surface area contributed by atoms with Crippen LogP contribution in [-0.4, -0.2) is 32.8 Å². The summed E-state index contributed by atoms with van der Waals surface area (Å²) in [6, 6.07) is 7.14. The second-order valence-corrected chi connectivity index (χ2v) is 3.92. The molecule has 0 N–H and O–H groups in total. The molecule has 0 aliphatic carbocycles. The third-order valence-corrected chi connectivity index (χ3v) is 3.03. The molecule has 0 amide bonds. The van der Waals surface area contributed by atoms with Gasteiger partial charge in [-0.3, -0.25) is 0 Å². The smallest absolute Gasteiger partial charge is 0.354 e. The van der Waals surface area contributed by atoms with Crippen molar-refractivity contribution in [2.24, 2.45) is 0 Å². The van der Waals surface area contributed by atoms with Crippen LogP contribution in [0.4, 0.5) is 0 Å². The highest BCUT2D eigenvalue weighted by molar-refractivity contribution is 6.05. The van der Waals surface area contributed by atoms with Crippen LogP contribution in [0.15, 0.2) is 24.3 Å². The first kappa shape index (κ1) is 12.6. The first-order chi connectivity index (χ1) is 8.66. The van der Waals surface area contributed by atoms with Gasteiger partial charge in [-0.15, -0.1) is 0 Å². The topological polar surface area (TPSA) is 61.8 Å². The van der Waals surface area contributed by atoms with Gasteiger partial charge in [0.1, 0.15) is 0 Å². The number of ether oxygens (including phenoxy) is 3. The predicted octanol–water partition coefficient (Wildman–Crippen LogP) is 0.801. The first-order valence-electron chi connectivity index (χ1n) is 5.56. The van der Waals surface area contributed by atoms with E-state index in [4.69, 9.17) is 14.2 Å². The molecule has 0 bridgehead atoms. The molecule has 1 aliphatic heterocycles. The summed E-state index contributed by atoms with van der Waals surface area (Å²) in [6.45, 7) is 0.265.